The molecule has 0 aliphatic carbocycles. The first-order valence-corrected chi connectivity index (χ1v) is 7.63. The molecule has 0 atom stereocenters. The van der Waals surface area contributed by atoms with E-state index >= 15 is 0 Å². The molecular weight excluding hydrogens is 262 g/mol. The number of carbonyl (C=O) groups excluding carboxylic acids is 1. The SMILES string of the molecule is O=C(CCc1ccccc1)N1CCC(c2c[nH]cn2)CC1. The number of likely N-dealkylation sites (tertiary alicyclic amines) is 1. The lowest BCUT2D eigenvalue weighted by Crippen LogP contribution is -2.38. The predicted molar refractivity (Wildman–Crippen MR) is 81.9 cm³/mol. The summed E-state index contributed by atoms with van der Waals surface area (Å²) in [6.07, 6.45) is 7.17. The number of piperidine rings is 1. The molecule has 2 heterocycles. The van der Waals surface area contributed by atoms with Gasteiger partial charge in [0.25, 0.3) is 0 Å². The number of nitrogens with one attached hydrogen (secondary N) is 1. The van der Waals surface area contributed by atoms with E-state index in [0.29, 0.717) is 12.3 Å². The standard InChI is InChI=1S/C17H21N3O/c21-17(7-6-14-4-2-1-3-5-14)20-10-8-15(9-11-20)16-12-18-13-19-16/h1-5,12-13,15H,6-11H2,(H,18,19). The van der Waals surface area contributed by atoms with E-state index in [1.807, 2.05) is 29.3 Å². The molecule has 21 heavy (non-hydrogen) atoms. The first kappa shape index (κ1) is 13.9. The van der Waals surface area contributed by atoms with Gasteiger partial charge in [-0.2, -0.15) is 0 Å². The zero-order chi connectivity index (χ0) is 14.5. The summed E-state index contributed by atoms with van der Waals surface area (Å²) in [6.45, 7) is 1.70. The van der Waals surface area contributed by atoms with E-state index in [2.05, 4.69) is 22.1 Å². The van der Waals surface area contributed by atoms with E-state index in [-0.39, 0.29) is 5.91 Å². The van der Waals surface area contributed by atoms with Crippen molar-refractivity contribution in [2.24, 2.45) is 0 Å². The number of nitrogens with zero attached hydrogens (tertiary/aromatic N) is 2. The summed E-state index contributed by atoms with van der Waals surface area (Å²) in [5.41, 5.74) is 2.36. The molecule has 1 aliphatic rings. The Morgan fingerprint density at radius 3 is 2.67 bits per heavy atom. The predicted octanol–water partition coefficient (Wildman–Crippen LogP) is 2.75. The van der Waals surface area contributed by atoms with Gasteiger partial charge in [0.05, 0.1) is 12.0 Å². The van der Waals surface area contributed by atoms with Gasteiger partial charge in [-0.3, -0.25) is 4.79 Å². The Kier molecular flexibility index (Phi) is 4.34. The van der Waals surface area contributed by atoms with Crippen molar-refractivity contribution >= 4 is 5.91 Å². The van der Waals surface area contributed by atoms with Crippen LogP contribution in [0.5, 0.6) is 0 Å². The molecule has 110 valence electrons. The lowest BCUT2D eigenvalue weighted by molar-refractivity contribution is -0.132. The van der Waals surface area contributed by atoms with Crippen molar-refractivity contribution in [2.45, 2.75) is 31.6 Å². The van der Waals surface area contributed by atoms with Crippen LogP contribution in [0, 0.1) is 0 Å². The molecule has 4 nitrogen and oxygen atoms in total. The van der Waals surface area contributed by atoms with Crippen LogP contribution in [-0.2, 0) is 11.2 Å². The zero-order valence-corrected chi connectivity index (χ0v) is 12.2. The number of hydrogen-bond donors (Lipinski definition) is 1. The number of hydrogen-bond acceptors (Lipinski definition) is 2. The number of aryl methyl sites for hydroxylation is 1. The summed E-state index contributed by atoms with van der Waals surface area (Å²) < 4.78 is 0. The summed E-state index contributed by atoms with van der Waals surface area (Å²) in [4.78, 5) is 21.6. The smallest absolute Gasteiger partial charge is 0.222 e. The monoisotopic (exact) mass is 283 g/mol. The normalized spacial score (nSPS) is 16.1. The highest BCUT2D eigenvalue weighted by Crippen LogP contribution is 2.26. The number of H-pyrrole nitrogens is 1. The van der Waals surface area contributed by atoms with Gasteiger partial charge in [0, 0.05) is 31.6 Å². The number of imidazole rings is 1. The maximum Gasteiger partial charge on any atom is 0.222 e. The number of rotatable bonds is 4. The van der Waals surface area contributed by atoms with Crippen LogP contribution in [-0.4, -0.2) is 33.9 Å². The van der Waals surface area contributed by atoms with Gasteiger partial charge in [-0.25, -0.2) is 4.98 Å². The zero-order valence-electron chi connectivity index (χ0n) is 12.2. The van der Waals surface area contributed by atoms with Gasteiger partial charge in [0.15, 0.2) is 0 Å². The quantitative estimate of drug-likeness (QED) is 0.938. The minimum atomic E-state index is 0.277. The van der Waals surface area contributed by atoms with E-state index in [1.54, 1.807) is 6.33 Å². The average Bonchev–Trinajstić information content (AvgIpc) is 3.08. The molecule has 1 aliphatic heterocycles. The summed E-state index contributed by atoms with van der Waals surface area (Å²) in [6, 6.07) is 10.2. The van der Waals surface area contributed by atoms with Crippen molar-refractivity contribution in [2.75, 3.05) is 13.1 Å². The number of aromatic nitrogens is 2. The Hall–Kier alpha value is -2.10. The van der Waals surface area contributed by atoms with Crippen molar-refractivity contribution in [1.29, 1.82) is 0 Å². The molecule has 1 saturated heterocycles. The van der Waals surface area contributed by atoms with E-state index in [4.69, 9.17) is 0 Å². The molecule has 3 rings (SSSR count). The molecule has 0 saturated carbocycles. The van der Waals surface area contributed by atoms with E-state index in [9.17, 15) is 4.79 Å². The van der Waals surface area contributed by atoms with Gasteiger partial charge >= 0.3 is 0 Å². The van der Waals surface area contributed by atoms with Crippen LogP contribution in [0.3, 0.4) is 0 Å². The second-order valence-electron chi connectivity index (χ2n) is 5.63. The van der Waals surface area contributed by atoms with Gasteiger partial charge in [-0.05, 0) is 24.8 Å². The van der Waals surface area contributed by atoms with Crippen molar-refractivity contribution in [3.8, 4) is 0 Å². The Labute approximate surface area is 125 Å². The largest absolute Gasteiger partial charge is 0.351 e. The maximum atomic E-state index is 12.3. The molecular formula is C17H21N3O. The molecule has 1 aromatic heterocycles. The Morgan fingerprint density at radius 2 is 2.00 bits per heavy atom. The minimum absolute atomic E-state index is 0.277. The molecule has 1 amide bonds. The highest BCUT2D eigenvalue weighted by atomic mass is 16.2. The highest BCUT2D eigenvalue weighted by molar-refractivity contribution is 5.76. The Balaban J connectivity index is 1.47. The summed E-state index contributed by atoms with van der Waals surface area (Å²) in [5, 5.41) is 0. The Bertz CT molecular complexity index is 557. The second kappa shape index (κ2) is 6.57. The van der Waals surface area contributed by atoms with Crippen LogP contribution in [0.2, 0.25) is 0 Å². The van der Waals surface area contributed by atoms with Crippen LogP contribution in [0.1, 0.15) is 36.4 Å². The maximum absolute atomic E-state index is 12.3. The number of carbonyl (C=O) groups is 1. The van der Waals surface area contributed by atoms with E-state index in [0.717, 1.165) is 38.0 Å². The summed E-state index contributed by atoms with van der Waals surface area (Å²) >= 11 is 0. The molecule has 0 bridgehead atoms. The molecule has 1 aromatic carbocycles. The third-order valence-electron chi connectivity index (χ3n) is 4.26. The summed E-state index contributed by atoms with van der Waals surface area (Å²) in [7, 11) is 0. The molecule has 1 fully saturated rings. The highest BCUT2D eigenvalue weighted by Gasteiger charge is 2.24. The van der Waals surface area contributed by atoms with E-state index in [1.165, 1.54) is 5.56 Å². The second-order valence-corrected chi connectivity index (χ2v) is 5.63. The third kappa shape index (κ3) is 3.51. The van der Waals surface area contributed by atoms with Crippen LogP contribution in [0.25, 0.3) is 0 Å². The molecule has 2 aromatic rings. The fraction of sp³-hybridized carbons (Fsp3) is 0.412. The summed E-state index contributed by atoms with van der Waals surface area (Å²) in [5.74, 6) is 0.772. The van der Waals surface area contributed by atoms with E-state index < -0.39 is 0 Å². The number of amides is 1. The van der Waals surface area contributed by atoms with Gasteiger partial charge in [0.2, 0.25) is 5.91 Å². The van der Waals surface area contributed by atoms with Crippen molar-refractivity contribution in [1.82, 2.24) is 14.9 Å². The number of aromatic amines is 1. The third-order valence-corrected chi connectivity index (χ3v) is 4.26. The lowest BCUT2D eigenvalue weighted by atomic mass is 9.94. The first-order chi connectivity index (χ1) is 10.3. The van der Waals surface area contributed by atoms with Gasteiger partial charge in [-0.1, -0.05) is 30.3 Å². The van der Waals surface area contributed by atoms with Gasteiger partial charge < -0.3 is 9.88 Å². The van der Waals surface area contributed by atoms with Crippen molar-refractivity contribution in [3.05, 3.63) is 54.1 Å². The average molecular weight is 283 g/mol. The minimum Gasteiger partial charge on any atom is -0.351 e. The number of benzene rings is 1. The Morgan fingerprint density at radius 1 is 1.24 bits per heavy atom. The van der Waals surface area contributed by atoms with Crippen LogP contribution < -0.4 is 0 Å². The van der Waals surface area contributed by atoms with Crippen LogP contribution in [0.15, 0.2) is 42.9 Å². The molecule has 0 spiro atoms. The van der Waals surface area contributed by atoms with Crippen LogP contribution in [0.4, 0.5) is 0 Å². The first-order valence-electron chi connectivity index (χ1n) is 7.63. The molecule has 0 unspecified atom stereocenters. The molecule has 0 radical (unpaired) electrons. The lowest BCUT2D eigenvalue weighted by Gasteiger charge is -2.31. The van der Waals surface area contributed by atoms with Crippen LogP contribution >= 0.6 is 0 Å². The van der Waals surface area contributed by atoms with Gasteiger partial charge in [-0.15, -0.1) is 0 Å². The fourth-order valence-electron chi connectivity index (χ4n) is 2.97. The van der Waals surface area contributed by atoms with Crippen molar-refractivity contribution in [3.63, 3.8) is 0 Å². The fourth-order valence-corrected chi connectivity index (χ4v) is 2.97. The topological polar surface area (TPSA) is 49.0 Å². The molecule has 4 heteroatoms. The van der Waals surface area contributed by atoms with Crippen molar-refractivity contribution < 1.29 is 4.79 Å². The van der Waals surface area contributed by atoms with Gasteiger partial charge in [0.1, 0.15) is 0 Å². The molecule has 1 N–H and O–H groups in total.